The Balaban J connectivity index is 1.61. The second-order valence-electron chi connectivity index (χ2n) is 5.89. The van der Waals surface area contributed by atoms with E-state index in [1.54, 1.807) is 6.20 Å². The van der Waals surface area contributed by atoms with Gasteiger partial charge in [-0.1, -0.05) is 43.2 Å². The third-order valence-corrected chi connectivity index (χ3v) is 4.33. The largest absolute Gasteiger partial charge is 0.273 e. The maximum atomic E-state index is 12.2. The fourth-order valence-corrected chi connectivity index (χ4v) is 3.05. The first-order valence-electron chi connectivity index (χ1n) is 7.89. The highest BCUT2D eigenvalue weighted by atomic mass is 16.2. The molecule has 1 amide bonds. The minimum Gasteiger partial charge on any atom is -0.273 e. The van der Waals surface area contributed by atoms with Gasteiger partial charge in [0.1, 0.15) is 0 Å². The first-order valence-corrected chi connectivity index (χ1v) is 7.89. The molecular weight excluding hydrogens is 290 g/mol. The normalized spacial score (nSPS) is 15.1. The van der Waals surface area contributed by atoms with Crippen LogP contribution < -0.4 is 5.43 Å². The highest BCUT2D eigenvalue weighted by molar-refractivity contribution is 5.88. The molecule has 6 heteroatoms. The number of hydrogen-bond acceptors (Lipinski definition) is 4. The number of rotatable bonds is 3. The lowest BCUT2D eigenvalue weighted by atomic mass is 10.1. The van der Waals surface area contributed by atoms with Crippen molar-refractivity contribution in [2.75, 3.05) is 5.43 Å². The second kappa shape index (κ2) is 5.79. The van der Waals surface area contributed by atoms with Gasteiger partial charge in [-0.15, -0.1) is 10.2 Å². The number of carbonyl (C=O) groups is 1. The Labute approximate surface area is 133 Å². The fraction of sp³-hybridized carbons (Fsp3) is 0.294. The lowest BCUT2D eigenvalue weighted by Crippen LogP contribution is -2.29. The Morgan fingerprint density at radius 2 is 1.91 bits per heavy atom. The first-order chi connectivity index (χ1) is 11.3. The molecule has 2 heterocycles. The molecule has 0 saturated heterocycles. The summed E-state index contributed by atoms with van der Waals surface area (Å²) in [5.41, 5.74) is 5.19. The van der Waals surface area contributed by atoms with Gasteiger partial charge in [-0.05, 0) is 18.9 Å². The van der Waals surface area contributed by atoms with Crippen molar-refractivity contribution in [2.45, 2.75) is 25.7 Å². The average molecular weight is 307 g/mol. The van der Waals surface area contributed by atoms with Crippen LogP contribution in [0.25, 0.3) is 22.3 Å². The van der Waals surface area contributed by atoms with E-state index in [1.807, 2.05) is 36.4 Å². The van der Waals surface area contributed by atoms with Crippen molar-refractivity contribution in [3.05, 3.63) is 42.6 Å². The van der Waals surface area contributed by atoms with Crippen LogP contribution in [0.1, 0.15) is 25.7 Å². The van der Waals surface area contributed by atoms with E-state index in [1.165, 1.54) is 4.79 Å². The number of fused-ring (bicyclic) bond motifs is 1. The monoisotopic (exact) mass is 307 g/mol. The quantitative estimate of drug-likeness (QED) is 0.807. The molecule has 23 heavy (non-hydrogen) atoms. The van der Waals surface area contributed by atoms with Gasteiger partial charge in [0.15, 0.2) is 0 Å². The molecule has 1 N–H and O–H groups in total. The van der Waals surface area contributed by atoms with Crippen molar-refractivity contribution in [3.8, 4) is 11.3 Å². The van der Waals surface area contributed by atoms with Crippen LogP contribution in [0.5, 0.6) is 0 Å². The van der Waals surface area contributed by atoms with Gasteiger partial charge in [-0.2, -0.15) is 9.89 Å². The number of nitrogens with one attached hydrogen (secondary N) is 1. The third-order valence-electron chi connectivity index (χ3n) is 4.33. The van der Waals surface area contributed by atoms with Crippen molar-refractivity contribution in [2.24, 2.45) is 5.92 Å². The average Bonchev–Trinajstić information content (AvgIpc) is 3.25. The Hall–Kier alpha value is -2.76. The number of hydrogen-bond donors (Lipinski definition) is 1. The van der Waals surface area contributed by atoms with Gasteiger partial charge >= 0.3 is 0 Å². The van der Waals surface area contributed by atoms with Gasteiger partial charge in [0.25, 0.3) is 0 Å². The molecule has 3 aromatic rings. The topological polar surface area (TPSA) is 72.7 Å². The zero-order valence-corrected chi connectivity index (χ0v) is 12.6. The summed E-state index contributed by atoms with van der Waals surface area (Å²) in [4.78, 5) is 13.7. The second-order valence-corrected chi connectivity index (χ2v) is 5.89. The molecule has 0 spiro atoms. The van der Waals surface area contributed by atoms with Crippen LogP contribution in [-0.4, -0.2) is 26.0 Å². The van der Waals surface area contributed by atoms with E-state index in [-0.39, 0.29) is 11.8 Å². The highest BCUT2D eigenvalue weighted by Gasteiger charge is 2.23. The van der Waals surface area contributed by atoms with Crippen molar-refractivity contribution >= 4 is 16.9 Å². The number of carbonyl (C=O) groups excluding carboxylic acids is 1. The van der Waals surface area contributed by atoms with Crippen LogP contribution in [0, 0.1) is 5.92 Å². The summed E-state index contributed by atoms with van der Waals surface area (Å²) in [5.74, 6) is 0.104. The molecule has 116 valence electrons. The zero-order valence-electron chi connectivity index (χ0n) is 12.6. The molecular formula is C17H17N5O. The Morgan fingerprint density at radius 1 is 1.13 bits per heavy atom. The van der Waals surface area contributed by atoms with Crippen molar-refractivity contribution in [1.82, 2.24) is 20.1 Å². The lowest BCUT2D eigenvalue weighted by molar-refractivity contribution is -0.120. The van der Waals surface area contributed by atoms with E-state index < -0.39 is 0 Å². The molecule has 1 aromatic carbocycles. The fourth-order valence-electron chi connectivity index (χ4n) is 3.05. The Kier molecular flexibility index (Phi) is 3.49. The first kappa shape index (κ1) is 13.9. The highest BCUT2D eigenvalue weighted by Crippen LogP contribution is 2.25. The standard InChI is InChI=1S/C17H17N5O/c23-17(13-8-4-5-9-13)21-22-16-14(11-18-22)10-15(19-20-16)12-6-2-1-3-7-12/h1-3,6-7,10-11,13H,4-5,8-9H2,(H,21,23). The Bertz CT molecular complexity index is 837. The van der Waals surface area contributed by atoms with Crippen LogP contribution in [-0.2, 0) is 4.79 Å². The van der Waals surface area contributed by atoms with Crippen molar-refractivity contribution in [1.29, 1.82) is 0 Å². The molecule has 2 aromatic heterocycles. The summed E-state index contributed by atoms with van der Waals surface area (Å²) in [7, 11) is 0. The van der Waals surface area contributed by atoms with Gasteiger partial charge in [0.05, 0.1) is 11.9 Å². The molecule has 1 aliphatic carbocycles. The van der Waals surface area contributed by atoms with Crippen molar-refractivity contribution < 1.29 is 4.79 Å². The summed E-state index contributed by atoms with van der Waals surface area (Å²) in [5, 5.41) is 13.6. The van der Waals surface area contributed by atoms with E-state index in [0.29, 0.717) is 5.65 Å². The van der Waals surface area contributed by atoms with Gasteiger partial charge in [-0.3, -0.25) is 4.79 Å². The van der Waals surface area contributed by atoms with Crippen LogP contribution in [0.2, 0.25) is 0 Å². The van der Waals surface area contributed by atoms with Gasteiger partial charge in [0, 0.05) is 16.9 Å². The summed E-state index contributed by atoms with van der Waals surface area (Å²) in [6.45, 7) is 0. The third kappa shape index (κ3) is 2.67. The van der Waals surface area contributed by atoms with Crippen LogP contribution in [0.15, 0.2) is 42.6 Å². The molecule has 6 nitrogen and oxygen atoms in total. The summed E-state index contributed by atoms with van der Waals surface area (Å²) >= 11 is 0. The van der Waals surface area contributed by atoms with Crippen LogP contribution in [0.4, 0.5) is 0 Å². The summed E-state index contributed by atoms with van der Waals surface area (Å²) in [6, 6.07) is 11.8. The summed E-state index contributed by atoms with van der Waals surface area (Å²) in [6.07, 6.45) is 5.85. The molecule has 1 saturated carbocycles. The predicted octanol–water partition coefficient (Wildman–Crippen LogP) is 2.75. The van der Waals surface area contributed by atoms with Crippen LogP contribution >= 0.6 is 0 Å². The molecule has 0 radical (unpaired) electrons. The Morgan fingerprint density at radius 3 is 2.70 bits per heavy atom. The van der Waals surface area contributed by atoms with E-state index in [0.717, 1.165) is 42.3 Å². The van der Waals surface area contributed by atoms with E-state index in [2.05, 4.69) is 20.7 Å². The molecule has 1 aliphatic rings. The maximum Gasteiger partial charge on any atom is 0.243 e. The minimum absolute atomic E-state index is 0.0152. The molecule has 0 aliphatic heterocycles. The maximum absolute atomic E-state index is 12.2. The number of aromatic nitrogens is 4. The minimum atomic E-state index is 0.0152. The van der Waals surface area contributed by atoms with Gasteiger partial charge in [0.2, 0.25) is 11.6 Å². The predicted molar refractivity (Wildman–Crippen MR) is 87.1 cm³/mol. The van der Waals surface area contributed by atoms with Gasteiger partial charge < -0.3 is 0 Å². The molecule has 0 atom stereocenters. The van der Waals surface area contributed by atoms with Gasteiger partial charge in [-0.25, -0.2) is 5.43 Å². The molecule has 4 rings (SSSR count). The van der Waals surface area contributed by atoms with E-state index in [4.69, 9.17) is 0 Å². The molecule has 0 unspecified atom stereocenters. The van der Waals surface area contributed by atoms with E-state index in [9.17, 15) is 4.79 Å². The number of benzene rings is 1. The molecule has 1 fully saturated rings. The number of amides is 1. The lowest BCUT2D eigenvalue weighted by Gasteiger charge is -2.10. The van der Waals surface area contributed by atoms with Crippen LogP contribution in [0.3, 0.4) is 0 Å². The molecule has 0 bridgehead atoms. The number of nitrogens with zero attached hydrogens (tertiary/aromatic N) is 4. The zero-order chi connectivity index (χ0) is 15.6. The van der Waals surface area contributed by atoms with Crippen molar-refractivity contribution in [3.63, 3.8) is 0 Å². The SMILES string of the molecule is O=C(Nn1ncc2cc(-c3ccccc3)nnc21)C1CCCC1. The van der Waals surface area contributed by atoms with E-state index >= 15 is 0 Å². The smallest absolute Gasteiger partial charge is 0.243 e. The summed E-state index contributed by atoms with van der Waals surface area (Å²) < 4.78 is 0.